The number of hydrogen-bond acceptors (Lipinski definition) is 4. The van der Waals surface area contributed by atoms with Crippen LogP contribution in [0.5, 0.6) is 0 Å². The summed E-state index contributed by atoms with van der Waals surface area (Å²) in [4.78, 5) is 13.5. The third-order valence-electron chi connectivity index (χ3n) is 2.09. The van der Waals surface area contributed by atoms with Gasteiger partial charge in [0.15, 0.2) is 0 Å². The van der Waals surface area contributed by atoms with Crippen molar-refractivity contribution >= 4 is 5.91 Å². The van der Waals surface area contributed by atoms with Gasteiger partial charge in [-0.15, -0.1) is 0 Å². The number of nitrogens with zero attached hydrogens (tertiary/aromatic N) is 2. The predicted molar refractivity (Wildman–Crippen MR) is 54.5 cm³/mol. The number of aromatic nitrogens is 1. The van der Waals surface area contributed by atoms with Crippen LogP contribution in [0.25, 0.3) is 0 Å². The van der Waals surface area contributed by atoms with Crippen LogP contribution in [0, 0.1) is 6.92 Å². The Morgan fingerprint density at radius 2 is 2.33 bits per heavy atom. The van der Waals surface area contributed by atoms with Crippen LogP contribution in [0.3, 0.4) is 0 Å². The Morgan fingerprint density at radius 1 is 1.60 bits per heavy atom. The van der Waals surface area contributed by atoms with Crippen molar-refractivity contribution in [2.45, 2.75) is 20.3 Å². The lowest BCUT2D eigenvalue weighted by Gasteiger charge is -2.19. The minimum atomic E-state index is -0.207. The molecule has 1 N–H and O–H groups in total. The number of rotatable bonds is 5. The molecule has 1 aromatic heterocycles. The molecule has 0 aromatic carbocycles. The number of carbonyl (C=O) groups excluding carboxylic acids is 1. The van der Waals surface area contributed by atoms with Gasteiger partial charge in [-0.3, -0.25) is 4.79 Å². The molecule has 0 aliphatic rings. The van der Waals surface area contributed by atoms with Crippen molar-refractivity contribution in [1.82, 2.24) is 10.1 Å². The first-order valence-corrected chi connectivity index (χ1v) is 5.02. The second-order valence-corrected chi connectivity index (χ2v) is 3.35. The van der Waals surface area contributed by atoms with Crippen molar-refractivity contribution < 1.29 is 14.4 Å². The van der Waals surface area contributed by atoms with E-state index in [9.17, 15) is 4.79 Å². The fourth-order valence-corrected chi connectivity index (χ4v) is 1.35. The Bertz CT molecular complexity index is 316. The fraction of sp³-hybridized carbons (Fsp3) is 0.600. The molecule has 1 rings (SSSR count). The van der Waals surface area contributed by atoms with Gasteiger partial charge in [-0.25, -0.2) is 0 Å². The molecule has 0 atom stereocenters. The summed E-state index contributed by atoms with van der Waals surface area (Å²) in [6, 6.07) is 0. The zero-order valence-electron chi connectivity index (χ0n) is 9.06. The highest BCUT2D eigenvalue weighted by molar-refractivity contribution is 5.92. The maximum absolute atomic E-state index is 11.9. The van der Waals surface area contributed by atoms with E-state index in [1.807, 2.05) is 6.92 Å². The van der Waals surface area contributed by atoms with Gasteiger partial charge in [-0.05, 0) is 13.3 Å². The second-order valence-electron chi connectivity index (χ2n) is 3.35. The van der Waals surface area contributed by atoms with Crippen LogP contribution in [0.15, 0.2) is 10.7 Å². The molecular formula is C10H16N2O3. The van der Waals surface area contributed by atoms with Gasteiger partial charge in [0.2, 0.25) is 5.76 Å². The molecule has 0 bridgehead atoms. The van der Waals surface area contributed by atoms with Crippen molar-refractivity contribution in [2.24, 2.45) is 0 Å². The minimum Gasteiger partial charge on any atom is -0.395 e. The van der Waals surface area contributed by atoms with E-state index in [0.717, 1.165) is 12.0 Å². The predicted octanol–water partition coefficient (Wildman–Crippen LogP) is 0.828. The van der Waals surface area contributed by atoms with E-state index in [4.69, 9.17) is 9.63 Å². The summed E-state index contributed by atoms with van der Waals surface area (Å²) < 4.78 is 4.88. The lowest BCUT2D eigenvalue weighted by molar-refractivity contribution is 0.0679. The summed E-state index contributed by atoms with van der Waals surface area (Å²) in [7, 11) is 0. The molecule has 1 aromatic rings. The first-order valence-electron chi connectivity index (χ1n) is 5.02. The first kappa shape index (κ1) is 11.7. The highest BCUT2D eigenvalue weighted by Crippen LogP contribution is 2.10. The van der Waals surface area contributed by atoms with Gasteiger partial charge in [0.05, 0.1) is 12.8 Å². The molecule has 84 valence electrons. The highest BCUT2D eigenvalue weighted by Gasteiger charge is 2.20. The maximum atomic E-state index is 11.9. The molecule has 1 amide bonds. The molecule has 0 fully saturated rings. The smallest absolute Gasteiger partial charge is 0.292 e. The maximum Gasteiger partial charge on any atom is 0.292 e. The van der Waals surface area contributed by atoms with E-state index in [0.29, 0.717) is 13.1 Å². The lowest BCUT2D eigenvalue weighted by atomic mass is 10.2. The molecule has 0 saturated carbocycles. The monoisotopic (exact) mass is 212 g/mol. The number of hydrogen-bond donors (Lipinski definition) is 1. The van der Waals surface area contributed by atoms with Crippen LogP contribution in [-0.4, -0.2) is 40.8 Å². The number of aliphatic hydroxyl groups excluding tert-OH is 1. The Labute approximate surface area is 88.7 Å². The van der Waals surface area contributed by atoms with Gasteiger partial charge in [0, 0.05) is 18.7 Å². The lowest BCUT2D eigenvalue weighted by Crippen LogP contribution is -2.34. The van der Waals surface area contributed by atoms with Crippen LogP contribution >= 0.6 is 0 Å². The third kappa shape index (κ3) is 2.79. The van der Waals surface area contributed by atoms with Gasteiger partial charge >= 0.3 is 0 Å². The quantitative estimate of drug-likeness (QED) is 0.785. The van der Waals surface area contributed by atoms with Crippen molar-refractivity contribution in [1.29, 1.82) is 0 Å². The molecule has 0 aliphatic carbocycles. The normalized spacial score (nSPS) is 10.3. The van der Waals surface area contributed by atoms with Crippen molar-refractivity contribution in [2.75, 3.05) is 19.7 Å². The van der Waals surface area contributed by atoms with Crippen LogP contribution in [0.1, 0.15) is 29.5 Å². The SMILES string of the molecule is CCCN(CCO)C(=O)c1oncc1C. The Hall–Kier alpha value is -1.36. The first-order chi connectivity index (χ1) is 7.20. The van der Waals surface area contributed by atoms with Gasteiger partial charge in [0.25, 0.3) is 5.91 Å². The van der Waals surface area contributed by atoms with E-state index in [-0.39, 0.29) is 18.3 Å². The Balaban J connectivity index is 2.76. The summed E-state index contributed by atoms with van der Waals surface area (Å²) in [5.74, 6) is 0.0535. The average molecular weight is 212 g/mol. The molecular weight excluding hydrogens is 196 g/mol. The van der Waals surface area contributed by atoms with Crippen LogP contribution in [0.2, 0.25) is 0 Å². The van der Waals surface area contributed by atoms with E-state index in [2.05, 4.69) is 5.16 Å². The molecule has 0 saturated heterocycles. The number of aryl methyl sites for hydroxylation is 1. The van der Waals surface area contributed by atoms with Crippen molar-refractivity contribution in [3.8, 4) is 0 Å². The van der Waals surface area contributed by atoms with Crippen LogP contribution < -0.4 is 0 Å². The van der Waals surface area contributed by atoms with Crippen LogP contribution in [-0.2, 0) is 0 Å². The summed E-state index contributed by atoms with van der Waals surface area (Å²) >= 11 is 0. The topological polar surface area (TPSA) is 66.6 Å². The van der Waals surface area contributed by atoms with Gasteiger partial charge in [-0.1, -0.05) is 12.1 Å². The van der Waals surface area contributed by atoms with Gasteiger partial charge in [-0.2, -0.15) is 0 Å². The van der Waals surface area contributed by atoms with E-state index < -0.39 is 0 Å². The van der Waals surface area contributed by atoms with E-state index in [1.54, 1.807) is 11.8 Å². The van der Waals surface area contributed by atoms with E-state index in [1.165, 1.54) is 6.20 Å². The largest absolute Gasteiger partial charge is 0.395 e. The number of amides is 1. The second kappa shape index (κ2) is 5.50. The van der Waals surface area contributed by atoms with Crippen molar-refractivity contribution in [3.63, 3.8) is 0 Å². The average Bonchev–Trinajstić information content (AvgIpc) is 2.63. The summed E-state index contributed by atoms with van der Waals surface area (Å²) in [5.41, 5.74) is 0.721. The standard InChI is InChI=1S/C10H16N2O3/c1-3-4-12(5-6-13)10(14)9-8(2)7-11-15-9/h7,13H,3-6H2,1-2H3. The molecule has 1 heterocycles. The molecule has 0 spiro atoms. The molecule has 5 heteroatoms. The zero-order valence-corrected chi connectivity index (χ0v) is 9.06. The molecule has 0 aliphatic heterocycles. The van der Waals surface area contributed by atoms with Crippen molar-refractivity contribution in [3.05, 3.63) is 17.5 Å². The number of aliphatic hydroxyl groups is 1. The van der Waals surface area contributed by atoms with E-state index >= 15 is 0 Å². The zero-order chi connectivity index (χ0) is 11.3. The summed E-state index contributed by atoms with van der Waals surface area (Å²) in [5, 5.41) is 12.4. The fourth-order valence-electron chi connectivity index (χ4n) is 1.35. The van der Waals surface area contributed by atoms with Gasteiger partial charge < -0.3 is 14.5 Å². The molecule has 0 unspecified atom stereocenters. The molecule has 5 nitrogen and oxygen atoms in total. The Morgan fingerprint density at radius 3 is 2.80 bits per heavy atom. The highest BCUT2D eigenvalue weighted by atomic mass is 16.5. The van der Waals surface area contributed by atoms with Crippen LogP contribution in [0.4, 0.5) is 0 Å². The Kier molecular flexibility index (Phi) is 4.30. The number of carbonyl (C=O) groups is 1. The minimum absolute atomic E-state index is 0.0427. The third-order valence-corrected chi connectivity index (χ3v) is 2.09. The summed E-state index contributed by atoms with van der Waals surface area (Å²) in [6.07, 6.45) is 2.36. The molecule has 0 radical (unpaired) electrons. The summed E-state index contributed by atoms with van der Waals surface area (Å²) in [6.45, 7) is 4.64. The molecule has 15 heavy (non-hydrogen) atoms. The van der Waals surface area contributed by atoms with Gasteiger partial charge in [0.1, 0.15) is 0 Å².